The highest BCUT2D eigenvalue weighted by Gasteiger charge is 2.22. The molecule has 10 heteroatoms. The van der Waals surface area contributed by atoms with Crippen LogP contribution in [0.4, 0.5) is 0 Å². The lowest BCUT2D eigenvalue weighted by atomic mass is 10.1. The number of carboxylic acids is 1. The first-order valence-electron chi connectivity index (χ1n) is 10.5. The first-order chi connectivity index (χ1) is 16.1. The third-order valence-corrected chi connectivity index (χ3v) is 6.22. The van der Waals surface area contributed by atoms with Crippen molar-refractivity contribution >= 4 is 46.4 Å². The first kappa shape index (κ1) is 25.8. The number of aliphatic carboxylic acids is 1. The normalized spacial score (nSPS) is 10.9. The monoisotopic (exact) mass is 522 g/mol. The van der Waals surface area contributed by atoms with E-state index in [-0.39, 0.29) is 37.5 Å². The van der Waals surface area contributed by atoms with E-state index in [9.17, 15) is 14.7 Å². The fourth-order valence-corrected chi connectivity index (χ4v) is 4.44. The van der Waals surface area contributed by atoms with Gasteiger partial charge in [-0.2, -0.15) is 0 Å². The Morgan fingerprint density at radius 1 is 1.18 bits per heavy atom. The van der Waals surface area contributed by atoms with Crippen molar-refractivity contribution in [2.75, 3.05) is 0 Å². The van der Waals surface area contributed by atoms with E-state index in [0.717, 1.165) is 22.5 Å². The molecule has 0 radical (unpaired) electrons. The molecule has 0 aliphatic heterocycles. The molecular formula is C24H24Cl2N2O5S. The Balaban J connectivity index is 1.77. The van der Waals surface area contributed by atoms with E-state index in [1.54, 1.807) is 30.3 Å². The lowest BCUT2D eigenvalue weighted by Crippen LogP contribution is -2.23. The van der Waals surface area contributed by atoms with Gasteiger partial charge in [-0.3, -0.25) is 9.59 Å². The van der Waals surface area contributed by atoms with E-state index in [2.05, 4.69) is 10.3 Å². The maximum absolute atomic E-state index is 12.9. The number of rotatable bonds is 10. The molecule has 2 aromatic carbocycles. The molecule has 3 rings (SSSR count). The van der Waals surface area contributed by atoms with Crippen LogP contribution in [-0.2, 0) is 24.4 Å². The number of thiazole rings is 1. The lowest BCUT2D eigenvalue weighted by molar-refractivity contribution is -0.136. The predicted molar refractivity (Wildman–Crippen MR) is 132 cm³/mol. The SMILES string of the molecule is Cc1cccc(CC(=O)O)c1OCc1nc(OC(C)C)c(C(=O)NCc2ccc(Cl)cc2Cl)s1. The van der Waals surface area contributed by atoms with Crippen molar-refractivity contribution < 1.29 is 24.2 Å². The van der Waals surface area contributed by atoms with Gasteiger partial charge in [0, 0.05) is 22.2 Å². The molecule has 0 unspecified atom stereocenters. The predicted octanol–water partition coefficient (Wildman–Crippen LogP) is 5.68. The molecule has 0 aliphatic rings. The summed E-state index contributed by atoms with van der Waals surface area (Å²) in [5, 5.41) is 13.5. The molecule has 0 spiro atoms. The molecule has 180 valence electrons. The number of hydrogen-bond acceptors (Lipinski definition) is 6. The van der Waals surface area contributed by atoms with Crippen LogP contribution in [-0.4, -0.2) is 28.1 Å². The number of hydrogen-bond donors (Lipinski definition) is 2. The summed E-state index contributed by atoms with van der Waals surface area (Å²) in [5.41, 5.74) is 2.11. The molecule has 3 aromatic rings. The van der Waals surface area contributed by atoms with Crippen molar-refractivity contribution in [3.8, 4) is 11.6 Å². The van der Waals surface area contributed by atoms with Crippen LogP contribution in [0.2, 0.25) is 10.0 Å². The topological polar surface area (TPSA) is 97.8 Å². The minimum atomic E-state index is -0.947. The number of benzene rings is 2. The number of para-hydroxylation sites is 1. The van der Waals surface area contributed by atoms with Crippen LogP contribution >= 0.6 is 34.5 Å². The molecule has 0 bridgehead atoms. The van der Waals surface area contributed by atoms with E-state index in [0.29, 0.717) is 31.2 Å². The van der Waals surface area contributed by atoms with Gasteiger partial charge >= 0.3 is 5.97 Å². The number of ether oxygens (including phenoxy) is 2. The van der Waals surface area contributed by atoms with E-state index in [1.807, 2.05) is 26.8 Å². The molecule has 1 heterocycles. The van der Waals surface area contributed by atoms with Gasteiger partial charge in [-0.15, -0.1) is 11.3 Å². The number of nitrogens with zero attached hydrogens (tertiary/aromatic N) is 1. The second-order valence-electron chi connectivity index (χ2n) is 7.75. The Morgan fingerprint density at radius 3 is 2.62 bits per heavy atom. The number of amides is 1. The summed E-state index contributed by atoms with van der Waals surface area (Å²) in [6.07, 6.45) is -0.344. The summed E-state index contributed by atoms with van der Waals surface area (Å²) in [4.78, 5) is 28.9. The number of carbonyl (C=O) groups excluding carboxylic acids is 1. The van der Waals surface area contributed by atoms with Crippen molar-refractivity contribution in [2.24, 2.45) is 0 Å². The van der Waals surface area contributed by atoms with Crippen LogP contribution in [0.25, 0.3) is 0 Å². The van der Waals surface area contributed by atoms with Crippen molar-refractivity contribution in [3.05, 3.63) is 73.0 Å². The number of nitrogens with one attached hydrogen (secondary N) is 1. The van der Waals surface area contributed by atoms with E-state index >= 15 is 0 Å². The summed E-state index contributed by atoms with van der Waals surface area (Å²) in [5.74, 6) is -0.589. The van der Waals surface area contributed by atoms with Crippen molar-refractivity contribution in [2.45, 2.75) is 46.4 Å². The third kappa shape index (κ3) is 6.85. The zero-order valence-corrected chi connectivity index (χ0v) is 21.2. The van der Waals surface area contributed by atoms with E-state index < -0.39 is 5.97 Å². The summed E-state index contributed by atoms with van der Waals surface area (Å²) >= 11 is 13.3. The second-order valence-corrected chi connectivity index (χ2v) is 9.68. The largest absolute Gasteiger partial charge is 0.486 e. The van der Waals surface area contributed by atoms with E-state index in [1.165, 1.54) is 0 Å². The molecule has 7 nitrogen and oxygen atoms in total. The van der Waals surface area contributed by atoms with E-state index in [4.69, 9.17) is 32.7 Å². The molecule has 1 amide bonds. The van der Waals surface area contributed by atoms with Gasteiger partial charge < -0.3 is 19.9 Å². The first-order valence-corrected chi connectivity index (χ1v) is 12.0. The average Bonchev–Trinajstić information content (AvgIpc) is 3.14. The van der Waals surface area contributed by atoms with Crippen LogP contribution < -0.4 is 14.8 Å². The average molecular weight is 523 g/mol. The van der Waals surface area contributed by atoms with Crippen LogP contribution in [0.3, 0.4) is 0 Å². The summed E-state index contributed by atoms with van der Waals surface area (Å²) < 4.78 is 11.7. The minimum Gasteiger partial charge on any atom is -0.486 e. The quantitative estimate of drug-likeness (QED) is 0.355. The highest BCUT2D eigenvalue weighted by molar-refractivity contribution is 7.14. The molecule has 0 aliphatic carbocycles. The molecular weight excluding hydrogens is 499 g/mol. The molecule has 0 saturated heterocycles. The molecule has 2 N–H and O–H groups in total. The Hall–Kier alpha value is -2.81. The van der Waals surface area contributed by atoms with Crippen molar-refractivity contribution in [1.29, 1.82) is 0 Å². The molecule has 34 heavy (non-hydrogen) atoms. The number of halogens is 2. The highest BCUT2D eigenvalue weighted by Crippen LogP contribution is 2.30. The van der Waals surface area contributed by atoms with Crippen LogP contribution in [0, 0.1) is 6.92 Å². The number of carboxylic acid groups (broad SMARTS) is 1. The van der Waals surface area contributed by atoms with Crippen molar-refractivity contribution in [3.63, 3.8) is 0 Å². The second kappa shape index (κ2) is 11.6. The Bertz CT molecular complexity index is 1200. The molecule has 0 saturated carbocycles. The number of carbonyl (C=O) groups is 2. The van der Waals surface area contributed by atoms with Gasteiger partial charge in [-0.1, -0.05) is 47.5 Å². The Labute approximate surface area is 211 Å². The summed E-state index contributed by atoms with van der Waals surface area (Å²) in [6, 6.07) is 10.4. The van der Waals surface area contributed by atoms with Gasteiger partial charge in [-0.05, 0) is 44.0 Å². The molecule has 0 fully saturated rings. The van der Waals surface area contributed by atoms with Crippen molar-refractivity contribution in [1.82, 2.24) is 10.3 Å². The number of aromatic nitrogens is 1. The smallest absolute Gasteiger partial charge is 0.307 e. The van der Waals surface area contributed by atoms with Crippen LogP contribution in [0.15, 0.2) is 36.4 Å². The minimum absolute atomic E-state index is 0.0624. The standard InChI is InChI=1S/C24H24Cl2N2O5S/c1-13(2)33-24-22(23(31)27-11-16-7-8-17(25)10-18(16)26)34-19(28-24)12-32-21-14(3)5-4-6-15(21)9-20(29)30/h4-8,10,13H,9,11-12H2,1-3H3,(H,27,31)(H,29,30). The zero-order valence-electron chi connectivity index (χ0n) is 18.9. The van der Waals surface area contributed by atoms with Crippen LogP contribution in [0.1, 0.15) is 45.2 Å². The molecule has 1 aromatic heterocycles. The summed E-state index contributed by atoms with van der Waals surface area (Å²) in [7, 11) is 0. The van der Waals surface area contributed by atoms with Gasteiger partial charge in [0.15, 0.2) is 4.88 Å². The van der Waals surface area contributed by atoms with Gasteiger partial charge in [0.25, 0.3) is 5.91 Å². The fraction of sp³-hybridized carbons (Fsp3) is 0.292. The Morgan fingerprint density at radius 2 is 1.94 bits per heavy atom. The third-order valence-electron chi connectivity index (χ3n) is 4.62. The Kier molecular flexibility index (Phi) is 8.77. The number of aryl methyl sites for hydroxylation is 1. The maximum atomic E-state index is 12.9. The highest BCUT2D eigenvalue weighted by atomic mass is 35.5. The maximum Gasteiger partial charge on any atom is 0.307 e. The van der Waals surface area contributed by atoms with Crippen LogP contribution in [0.5, 0.6) is 11.6 Å². The van der Waals surface area contributed by atoms with Gasteiger partial charge in [0.2, 0.25) is 5.88 Å². The van der Waals surface area contributed by atoms with Gasteiger partial charge in [-0.25, -0.2) is 4.98 Å². The lowest BCUT2D eigenvalue weighted by Gasteiger charge is -2.12. The zero-order chi connectivity index (χ0) is 24.8. The summed E-state index contributed by atoms with van der Waals surface area (Å²) in [6.45, 7) is 5.80. The van der Waals surface area contributed by atoms with Gasteiger partial charge in [0.05, 0.1) is 12.5 Å². The molecule has 0 atom stereocenters. The van der Waals surface area contributed by atoms with Gasteiger partial charge in [0.1, 0.15) is 17.4 Å². The fourth-order valence-electron chi connectivity index (χ4n) is 3.13.